The van der Waals surface area contributed by atoms with Crippen molar-refractivity contribution >= 4 is 11.6 Å². The summed E-state index contributed by atoms with van der Waals surface area (Å²) < 4.78 is 0. The lowest BCUT2D eigenvalue weighted by atomic mass is 10.1. The number of benzene rings is 2. The van der Waals surface area contributed by atoms with Gasteiger partial charge in [0.25, 0.3) is 0 Å². The Hall–Kier alpha value is -1.55. The molecule has 0 bridgehead atoms. The number of aromatic hydroxyl groups is 1. The fourth-order valence-electron chi connectivity index (χ4n) is 2.23. The van der Waals surface area contributed by atoms with Gasteiger partial charge in [-0.25, -0.2) is 0 Å². The van der Waals surface area contributed by atoms with Crippen molar-refractivity contribution in [2.24, 2.45) is 0 Å². The molecule has 0 atom stereocenters. The quantitative estimate of drug-likeness (QED) is 0.858. The van der Waals surface area contributed by atoms with Gasteiger partial charge in [0.2, 0.25) is 0 Å². The maximum absolute atomic E-state index is 9.41. The van der Waals surface area contributed by atoms with Crippen molar-refractivity contribution < 1.29 is 5.11 Å². The van der Waals surface area contributed by atoms with Crippen molar-refractivity contribution in [3.05, 3.63) is 64.2 Å². The van der Waals surface area contributed by atoms with Crippen LogP contribution >= 0.6 is 11.6 Å². The van der Waals surface area contributed by atoms with Gasteiger partial charge in [-0.1, -0.05) is 41.9 Å². The van der Waals surface area contributed by atoms with Crippen LogP contribution in [-0.4, -0.2) is 24.1 Å². The predicted molar refractivity (Wildman–Crippen MR) is 87.5 cm³/mol. The molecular formula is C17H21ClN2O. The van der Waals surface area contributed by atoms with E-state index in [9.17, 15) is 5.11 Å². The molecule has 0 unspecified atom stereocenters. The second kappa shape index (κ2) is 7.46. The van der Waals surface area contributed by atoms with Gasteiger partial charge in [-0.3, -0.25) is 0 Å². The van der Waals surface area contributed by atoms with Gasteiger partial charge >= 0.3 is 0 Å². The summed E-state index contributed by atoms with van der Waals surface area (Å²) in [6.07, 6.45) is 0. The first-order chi connectivity index (χ1) is 10.1. The zero-order valence-corrected chi connectivity index (χ0v) is 13.2. The second-order valence-electron chi connectivity index (χ2n) is 5.40. The molecule has 3 nitrogen and oxygen atoms in total. The normalized spacial score (nSPS) is 11.0. The van der Waals surface area contributed by atoms with E-state index in [1.807, 2.05) is 6.07 Å². The van der Waals surface area contributed by atoms with E-state index in [0.29, 0.717) is 5.02 Å². The monoisotopic (exact) mass is 304 g/mol. The van der Waals surface area contributed by atoms with Crippen LogP contribution in [0.3, 0.4) is 0 Å². The van der Waals surface area contributed by atoms with E-state index in [1.165, 1.54) is 11.1 Å². The van der Waals surface area contributed by atoms with Gasteiger partial charge in [0, 0.05) is 19.6 Å². The summed E-state index contributed by atoms with van der Waals surface area (Å²) in [6.45, 7) is 2.46. The third-order valence-electron chi connectivity index (χ3n) is 3.26. The zero-order chi connectivity index (χ0) is 15.2. The second-order valence-corrected chi connectivity index (χ2v) is 5.80. The highest BCUT2D eigenvalue weighted by Crippen LogP contribution is 2.23. The van der Waals surface area contributed by atoms with Gasteiger partial charge < -0.3 is 15.3 Å². The molecule has 0 saturated heterocycles. The van der Waals surface area contributed by atoms with Crippen LogP contribution in [0.1, 0.15) is 16.7 Å². The number of nitrogens with one attached hydrogen (secondary N) is 1. The minimum atomic E-state index is 0.122. The van der Waals surface area contributed by atoms with Gasteiger partial charge in [-0.05, 0) is 42.9 Å². The summed E-state index contributed by atoms with van der Waals surface area (Å²) in [5.74, 6) is 0.122. The van der Waals surface area contributed by atoms with Crippen molar-refractivity contribution in [2.75, 3.05) is 14.1 Å². The summed E-state index contributed by atoms with van der Waals surface area (Å²) in [6, 6.07) is 13.7. The molecule has 0 aliphatic carbocycles. The zero-order valence-electron chi connectivity index (χ0n) is 12.4. The molecule has 0 aliphatic heterocycles. The fourth-order valence-corrected chi connectivity index (χ4v) is 2.43. The molecule has 2 N–H and O–H groups in total. The van der Waals surface area contributed by atoms with Crippen LogP contribution in [0.25, 0.3) is 0 Å². The van der Waals surface area contributed by atoms with E-state index in [2.05, 4.69) is 48.6 Å². The van der Waals surface area contributed by atoms with Crippen LogP contribution in [0.5, 0.6) is 5.75 Å². The Morgan fingerprint density at radius 1 is 1.05 bits per heavy atom. The van der Waals surface area contributed by atoms with E-state index in [0.717, 1.165) is 25.2 Å². The third-order valence-corrected chi connectivity index (χ3v) is 3.56. The Balaban J connectivity index is 1.95. The number of phenolic OH excluding ortho intramolecular Hbond substituents is 1. The van der Waals surface area contributed by atoms with Crippen LogP contribution in [0.2, 0.25) is 5.02 Å². The summed E-state index contributed by atoms with van der Waals surface area (Å²) in [4.78, 5) is 2.17. The van der Waals surface area contributed by atoms with Gasteiger partial charge in [-0.15, -0.1) is 0 Å². The SMILES string of the molecule is CN(C)Cc1ccccc1CNCc1ccc(O)c(Cl)c1. The smallest absolute Gasteiger partial charge is 0.134 e. The highest BCUT2D eigenvalue weighted by Gasteiger charge is 2.04. The average Bonchev–Trinajstić information content (AvgIpc) is 2.44. The van der Waals surface area contributed by atoms with Crippen LogP contribution in [0.15, 0.2) is 42.5 Å². The van der Waals surface area contributed by atoms with Crippen LogP contribution in [-0.2, 0) is 19.6 Å². The van der Waals surface area contributed by atoms with E-state index >= 15 is 0 Å². The summed E-state index contributed by atoms with van der Waals surface area (Å²) >= 11 is 5.91. The molecule has 2 aromatic carbocycles. The van der Waals surface area contributed by atoms with E-state index in [1.54, 1.807) is 12.1 Å². The molecule has 0 radical (unpaired) electrons. The van der Waals surface area contributed by atoms with Crippen molar-refractivity contribution in [2.45, 2.75) is 19.6 Å². The lowest BCUT2D eigenvalue weighted by Gasteiger charge is -2.14. The molecule has 0 saturated carbocycles. The largest absolute Gasteiger partial charge is 0.506 e. The molecule has 0 fully saturated rings. The van der Waals surface area contributed by atoms with Crippen LogP contribution in [0.4, 0.5) is 0 Å². The Kier molecular flexibility index (Phi) is 5.62. The van der Waals surface area contributed by atoms with Crippen molar-refractivity contribution in [1.29, 1.82) is 0 Å². The highest BCUT2D eigenvalue weighted by atomic mass is 35.5. The number of phenols is 1. The topological polar surface area (TPSA) is 35.5 Å². The Bertz CT molecular complexity index is 599. The average molecular weight is 305 g/mol. The van der Waals surface area contributed by atoms with Gasteiger partial charge in [0.1, 0.15) is 5.75 Å². The summed E-state index contributed by atoms with van der Waals surface area (Å²) in [7, 11) is 4.14. The summed E-state index contributed by atoms with van der Waals surface area (Å²) in [5.41, 5.74) is 3.69. The lowest BCUT2D eigenvalue weighted by Crippen LogP contribution is -2.17. The number of rotatable bonds is 6. The van der Waals surface area contributed by atoms with E-state index in [-0.39, 0.29) is 5.75 Å². The molecule has 2 rings (SSSR count). The first-order valence-electron chi connectivity index (χ1n) is 6.96. The Morgan fingerprint density at radius 3 is 2.43 bits per heavy atom. The van der Waals surface area contributed by atoms with Crippen LogP contribution in [0, 0.1) is 0 Å². The maximum atomic E-state index is 9.41. The molecule has 0 aliphatic rings. The number of nitrogens with zero attached hydrogens (tertiary/aromatic N) is 1. The first kappa shape index (κ1) is 15.8. The molecule has 112 valence electrons. The number of halogens is 1. The molecule has 2 aromatic rings. The van der Waals surface area contributed by atoms with Crippen molar-refractivity contribution in [3.63, 3.8) is 0 Å². The summed E-state index contributed by atoms with van der Waals surface area (Å²) in [5, 5.41) is 13.2. The Morgan fingerprint density at radius 2 is 1.76 bits per heavy atom. The molecule has 21 heavy (non-hydrogen) atoms. The van der Waals surface area contributed by atoms with E-state index < -0.39 is 0 Å². The highest BCUT2D eigenvalue weighted by molar-refractivity contribution is 6.32. The van der Waals surface area contributed by atoms with Gasteiger partial charge in [-0.2, -0.15) is 0 Å². The minimum absolute atomic E-state index is 0.122. The van der Waals surface area contributed by atoms with Gasteiger partial charge in [0.15, 0.2) is 0 Å². The van der Waals surface area contributed by atoms with Crippen molar-refractivity contribution in [1.82, 2.24) is 10.2 Å². The van der Waals surface area contributed by atoms with E-state index in [4.69, 9.17) is 11.6 Å². The first-order valence-corrected chi connectivity index (χ1v) is 7.33. The fraction of sp³-hybridized carbons (Fsp3) is 0.294. The third kappa shape index (κ3) is 4.74. The lowest BCUT2D eigenvalue weighted by molar-refractivity contribution is 0.400. The molecule has 4 heteroatoms. The molecule has 0 heterocycles. The molecule has 0 spiro atoms. The number of hydrogen-bond donors (Lipinski definition) is 2. The molecule has 0 amide bonds. The van der Waals surface area contributed by atoms with Gasteiger partial charge in [0.05, 0.1) is 5.02 Å². The number of hydrogen-bond acceptors (Lipinski definition) is 3. The maximum Gasteiger partial charge on any atom is 0.134 e. The molecule has 0 aromatic heterocycles. The van der Waals surface area contributed by atoms with Crippen LogP contribution < -0.4 is 5.32 Å². The standard InChI is InChI=1S/C17H21ClN2O/c1-20(2)12-15-6-4-3-5-14(15)11-19-10-13-7-8-17(21)16(18)9-13/h3-9,19,21H,10-12H2,1-2H3. The van der Waals surface area contributed by atoms with Crippen molar-refractivity contribution in [3.8, 4) is 5.75 Å². The molecular weight excluding hydrogens is 284 g/mol. The predicted octanol–water partition coefficient (Wildman–Crippen LogP) is 3.40. The Labute approximate surface area is 131 Å². The minimum Gasteiger partial charge on any atom is -0.506 e.